The molecule has 8 aliphatic rings. The number of sulfonamides is 1. The van der Waals surface area contributed by atoms with Crippen molar-refractivity contribution >= 4 is 61.2 Å². The number of rotatable bonds is 15. The number of aliphatic hydroxyl groups is 1. The van der Waals surface area contributed by atoms with Gasteiger partial charge in [0.05, 0.1) is 71.3 Å². The minimum absolute atomic E-state index is 0.0234. The van der Waals surface area contributed by atoms with E-state index in [1.54, 1.807) is 6.07 Å². The number of carbonyl (C=O) groups is 1. The van der Waals surface area contributed by atoms with Crippen molar-refractivity contribution in [2.75, 3.05) is 105 Å². The number of ether oxygens (including phenoxy) is 5. The zero-order chi connectivity index (χ0) is 61.2. The van der Waals surface area contributed by atoms with Gasteiger partial charge in [-0.25, -0.2) is 18.1 Å². The van der Waals surface area contributed by atoms with Gasteiger partial charge in [0.15, 0.2) is 11.6 Å². The second kappa shape index (κ2) is 24.2. The van der Waals surface area contributed by atoms with Crippen molar-refractivity contribution in [3.05, 3.63) is 118 Å². The van der Waals surface area contributed by atoms with Crippen LogP contribution < -0.4 is 38.9 Å². The molecule has 0 unspecified atom stereocenters. The quantitative estimate of drug-likeness (QED) is 0.0553. The third-order valence-electron chi connectivity index (χ3n) is 20.3. The first kappa shape index (κ1) is 59.3. The molecule has 1 amide bonds. The van der Waals surface area contributed by atoms with Crippen molar-refractivity contribution in [1.82, 2.24) is 29.5 Å². The van der Waals surface area contributed by atoms with Crippen LogP contribution in [0.2, 0.25) is 0 Å². The molecule has 1 spiro atoms. The fourth-order valence-electron chi connectivity index (χ4n) is 15.5. The zero-order valence-electron chi connectivity index (χ0n) is 51.0. The number of aromatic amines is 1. The van der Waals surface area contributed by atoms with Crippen LogP contribution in [0, 0.1) is 21.4 Å². The largest absolute Gasteiger partial charge is 0.491 e. The number of nitrogens with one attached hydrogen (secondary N) is 3. The molecule has 2 aliphatic carbocycles. The Kier molecular flexibility index (Phi) is 16.1. The van der Waals surface area contributed by atoms with Gasteiger partial charge in [0.1, 0.15) is 28.9 Å². The summed E-state index contributed by atoms with van der Waals surface area (Å²) in [6.45, 7) is 15.0. The number of nitrogens with zero attached hydrogens (tertiary/aromatic N) is 8. The van der Waals surface area contributed by atoms with Crippen LogP contribution in [0.4, 0.5) is 34.3 Å². The molecule has 9 heterocycles. The number of nitro benzene ring substituents is 1. The Morgan fingerprint density at radius 2 is 1.67 bits per heavy atom. The van der Waals surface area contributed by atoms with Gasteiger partial charge in [-0.3, -0.25) is 24.7 Å². The van der Waals surface area contributed by atoms with Crippen molar-refractivity contribution in [1.29, 1.82) is 0 Å². The SMILES string of the molecule is CC(C)Oc1ccccc1[C@H]1CN([C@@H]2CCOc3c2ccnc3N2CCOCC2)CCN1C1CC2(CCN(c3ccc(C(=O)NS(=O)(=O)c4ccc(NCC5CCC(C)(O)CC5)c([N+](=O)[O-])c4)c(N4c5cc6cc[nH]c6nc5O[C@H]5COCC[C@@H]54)c3)CC2)C1. The number of hydrogen-bond donors (Lipinski definition) is 4. The Morgan fingerprint density at radius 3 is 2.47 bits per heavy atom. The minimum Gasteiger partial charge on any atom is -0.491 e. The molecule has 472 valence electrons. The van der Waals surface area contributed by atoms with E-state index in [0.717, 1.165) is 125 Å². The fraction of sp³-hybridized carbons (Fsp3) is 0.530. The lowest BCUT2D eigenvalue weighted by molar-refractivity contribution is -0.384. The molecular formula is C66H81N11O11S. The van der Waals surface area contributed by atoms with Gasteiger partial charge < -0.3 is 53.8 Å². The summed E-state index contributed by atoms with van der Waals surface area (Å²) in [5, 5.41) is 27.0. The van der Waals surface area contributed by atoms with E-state index in [4.69, 9.17) is 33.7 Å². The number of H-pyrrole nitrogens is 1. The molecule has 6 fully saturated rings. The number of piperidine rings is 1. The first-order valence-electron chi connectivity index (χ1n) is 32.0. The normalized spacial score (nSPS) is 25.7. The number of carbonyl (C=O) groups excluding carboxylic acids is 1. The van der Waals surface area contributed by atoms with Crippen LogP contribution >= 0.6 is 0 Å². The maximum Gasteiger partial charge on any atom is 0.293 e. The molecule has 0 bridgehead atoms. The van der Waals surface area contributed by atoms with E-state index in [2.05, 4.69) is 83.7 Å². The van der Waals surface area contributed by atoms with Gasteiger partial charge in [0.2, 0.25) is 5.88 Å². The number of benzene rings is 3. The molecule has 23 heteroatoms. The van der Waals surface area contributed by atoms with Crippen molar-refractivity contribution in [3.8, 4) is 17.4 Å². The molecular weight excluding hydrogens is 1150 g/mol. The number of anilines is 5. The average molecular weight is 1240 g/mol. The molecule has 2 saturated carbocycles. The lowest BCUT2D eigenvalue weighted by Crippen LogP contribution is -2.60. The Labute approximate surface area is 519 Å². The van der Waals surface area contributed by atoms with E-state index < -0.39 is 43.1 Å². The molecule has 3 aromatic heterocycles. The third kappa shape index (κ3) is 11.8. The number of nitro groups is 1. The topological polar surface area (TPSA) is 243 Å². The number of fused-ring (bicyclic) bond motifs is 4. The highest BCUT2D eigenvalue weighted by Gasteiger charge is 2.51. The molecule has 4 saturated heterocycles. The minimum atomic E-state index is -4.66. The Morgan fingerprint density at radius 1 is 0.865 bits per heavy atom. The van der Waals surface area contributed by atoms with Gasteiger partial charge in [0.25, 0.3) is 21.6 Å². The summed E-state index contributed by atoms with van der Waals surface area (Å²) in [6, 6.07) is 24.3. The second-order valence-electron chi connectivity index (χ2n) is 26.4. The fourth-order valence-corrected chi connectivity index (χ4v) is 16.4. The Balaban J connectivity index is 0.719. The molecule has 14 rings (SSSR count). The van der Waals surface area contributed by atoms with Gasteiger partial charge in [-0.05, 0) is 144 Å². The van der Waals surface area contributed by atoms with Gasteiger partial charge in [-0.2, -0.15) is 4.98 Å². The molecule has 0 radical (unpaired) electrons. The molecule has 6 aromatic rings. The first-order chi connectivity index (χ1) is 43.1. The van der Waals surface area contributed by atoms with Crippen LogP contribution in [-0.2, 0) is 19.5 Å². The van der Waals surface area contributed by atoms with Gasteiger partial charge in [-0.1, -0.05) is 18.2 Å². The maximum absolute atomic E-state index is 14.9. The van der Waals surface area contributed by atoms with Gasteiger partial charge >= 0.3 is 0 Å². The van der Waals surface area contributed by atoms with Crippen molar-refractivity contribution in [2.45, 2.75) is 132 Å². The van der Waals surface area contributed by atoms with E-state index >= 15 is 0 Å². The average Bonchev–Trinajstić information content (AvgIpc) is 1.37. The number of para-hydroxylation sites is 1. The number of pyridine rings is 2. The molecule has 4 atom stereocenters. The van der Waals surface area contributed by atoms with E-state index in [0.29, 0.717) is 81.2 Å². The summed E-state index contributed by atoms with van der Waals surface area (Å²) in [7, 11) is -4.66. The van der Waals surface area contributed by atoms with E-state index in [1.807, 2.05) is 43.6 Å². The van der Waals surface area contributed by atoms with E-state index in [1.165, 1.54) is 23.3 Å². The second-order valence-corrected chi connectivity index (χ2v) is 28.1. The maximum atomic E-state index is 14.9. The monoisotopic (exact) mass is 1240 g/mol. The van der Waals surface area contributed by atoms with Crippen LogP contribution in [0.15, 0.2) is 96.2 Å². The molecule has 89 heavy (non-hydrogen) atoms. The zero-order valence-corrected chi connectivity index (χ0v) is 51.8. The van der Waals surface area contributed by atoms with Crippen LogP contribution in [0.3, 0.4) is 0 Å². The predicted octanol–water partition coefficient (Wildman–Crippen LogP) is 9.28. The van der Waals surface area contributed by atoms with Crippen LogP contribution in [-0.4, -0.2) is 164 Å². The van der Waals surface area contributed by atoms with Crippen LogP contribution in [0.25, 0.3) is 11.0 Å². The highest BCUT2D eigenvalue weighted by atomic mass is 32.2. The van der Waals surface area contributed by atoms with E-state index in [9.17, 15) is 28.4 Å². The van der Waals surface area contributed by atoms with Crippen molar-refractivity contribution in [2.24, 2.45) is 11.3 Å². The number of morpholine rings is 1. The summed E-state index contributed by atoms with van der Waals surface area (Å²) in [5.74, 6) is 2.41. The predicted molar refractivity (Wildman–Crippen MR) is 337 cm³/mol. The van der Waals surface area contributed by atoms with Gasteiger partial charge in [0, 0.05) is 118 Å². The van der Waals surface area contributed by atoms with Crippen molar-refractivity contribution in [3.63, 3.8) is 0 Å². The smallest absolute Gasteiger partial charge is 0.293 e. The molecule has 4 N–H and O–H groups in total. The summed E-state index contributed by atoms with van der Waals surface area (Å²) in [6.07, 6.45) is 11.7. The highest BCUT2D eigenvalue weighted by molar-refractivity contribution is 7.90. The summed E-state index contributed by atoms with van der Waals surface area (Å²) in [4.78, 5) is 51.5. The highest BCUT2D eigenvalue weighted by Crippen LogP contribution is 2.55. The number of hydrogen-bond acceptors (Lipinski definition) is 19. The molecule has 3 aromatic carbocycles. The lowest BCUT2D eigenvalue weighted by Gasteiger charge is -2.59. The third-order valence-corrected chi connectivity index (χ3v) is 21.6. The van der Waals surface area contributed by atoms with E-state index in [-0.39, 0.29) is 53.4 Å². The Hall–Kier alpha value is -7.28. The first-order valence-corrected chi connectivity index (χ1v) is 33.5. The van der Waals surface area contributed by atoms with Crippen LogP contribution in [0.5, 0.6) is 17.4 Å². The number of piperazine rings is 1. The Bertz CT molecular complexity index is 3720. The molecule has 22 nitrogen and oxygen atoms in total. The number of amides is 1. The summed E-state index contributed by atoms with van der Waals surface area (Å²) in [5.41, 5.74) is 4.36. The molecule has 6 aliphatic heterocycles. The number of aromatic nitrogens is 3. The summed E-state index contributed by atoms with van der Waals surface area (Å²) >= 11 is 0. The van der Waals surface area contributed by atoms with Crippen LogP contribution in [0.1, 0.15) is 119 Å². The van der Waals surface area contributed by atoms with Crippen molar-refractivity contribution < 1.29 is 46.9 Å². The van der Waals surface area contributed by atoms with Gasteiger partial charge in [-0.15, -0.1) is 0 Å². The standard InChI is InChI=1S/C66H81N11O11S/c1-42(2)87-58-7-5-4-6-48(58)57-40-74(52-17-31-86-60-49(52)15-23-68-62(60)73-28-32-84-33-29-73)26-27-75(57)46-37-66(38-46)20-24-72(25-21-66)45-8-10-50(54(35-45)76-53-16-30-85-41-59(53)88-64-56(76)34-44-14-22-67-61(44)70-64)63(78)71-89(82,83)47-9-11-51(55(36-47)77(80)81)69-39-43-12-18-65(3,79)19-13-43/h4-11,14-15,22-23,34-36,42-43,46,52-53,57,59,69,79H,12-13,16-21,24-33,37-41H2,1-3H3,(H,67,70)(H,71,78)/t43?,52-,53+,57-,59+,65?/m1/s1. The lowest BCUT2D eigenvalue weighted by atomic mass is 9.59. The summed E-state index contributed by atoms with van der Waals surface area (Å²) < 4.78 is 62.3.